The van der Waals surface area contributed by atoms with Gasteiger partial charge in [-0.1, -0.05) is 26.8 Å². The molecular weight excluding hydrogens is 304 g/mol. The van der Waals surface area contributed by atoms with E-state index in [1.54, 1.807) is 0 Å². The summed E-state index contributed by atoms with van der Waals surface area (Å²) in [6, 6.07) is 0. The van der Waals surface area contributed by atoms with Crippen molar-refractivity contribution in [2.45, 2.75) is 64.6 Å². The number of rotatable bonds is 1. The van der Waals surface area contributed by atoms with Crippen LogP contribution < -0.4 is 0 Å². The monoisotopic (exact) mass is 334 g/mol. The van der Waals surface area contributed by atoms with Gasteiger partial charge in [-0.25, -0.2) is 0 Å². The molecule has 4 rings (SSSR count). The normalized spacial score (nSPS) is 56.8. The molecule has 24 heavy (non-hydrogen) atoms. The van der Waals surface area contributed by atoms with E-state index in [1.807, 2.05) is 0 Å². The van der Waals surface area contributed by atoms with E-state index in [0.717, 1.165) is 19.3 Å². The van der Waals surface area contributed by atoms with Crippen molar-refractivity contribution in [3.8, 4) is 0 Å². The van der Waals surface area contributed by atoms with Crippen LogP contribution in [0.1, 0.15) is 52.4 Å². The third-order valence-corrected chi connectivity index (χ3v) is 8.59. The molecule has 1 spiro atoms. The first-order chi connectivity index (χ1) is 11.2. The van der Waals surface area contributed by atoms with E-state index < -0.39 is 17.6 Å². The quantitative estimate of drug-likeness (QED) is 0.642. The second-order valence-electron chi connectivity index (χ2n) is 9.54. The maximum atomic E-state index is 13.1. The van der Waals surface area contributed by atoms with Gasteiger partial charge in [-0.05, 0) is 60.3 Å². The molecule has 0 amide bonds. The van der Waals surface area contributed by atoms with E-state index in [-0.39, 0.29) is 41.0 Å². The van der Waals surface area contributed by atoms with Gasteiger partial charge in [-0.15, -0.1) is 0 Å². The summed E-state index contributed by atoms with van der Waals surface area (Å²) in [7, 11) is 0. The molecule has 4 saturated carbocycles. The molecule has 4 fully saturated rings. The number of carbonyl (C=O) groups excluding carboxylic acids is 1. The second-order valence-corrected chi connectivity index (χ2v) is 9.54. The largest absolute Gasteiger partial charge is 0.396 e. The van der Waals surface area contributed by atoms with Crippen LogP contribution in [0, 0.1) is 34.0 Å². The Morgan fingerprint density at radius 2 is 1.88 bits per heavy atom. The lowest BCUT2D eigenvalue weighted by Gasteiger charge is -2.65. The number of fused-ring (bicyclic) bond motifs is 3. The third kappa shape index (κ3) is 1.72. The average molecular weight is 334 g/mol. The van der Waals surface area contributed by atoms with Gasteiger partial charge in [0.2, 0.25) is 0 Å². The Hall–Kier alpha value is -0.710. The summed E-state index contributed by atoms with van der Waals surface area (Å²) in [5.74, 6) is -0.0309. The molecule has 0 aliphatic heterocycles. The van der Waals surface area contributed by atoms with Crippen molar-refractivity contribution in [3.05, 3.63) is 12.2 Å². The van der Waals surface area contributed by atoms with Gasteiger partial charge in [0.1, 0.15) is 0 Å². The molecular formula is C20H30O4. The van der Waals surface area contributed by atoms with Gasteiger partial charge in [0.25, 0.3) is 0 Å². The van der Waals surface area contributed by atoms with Gasteiger partial charge >= 0.3 is 0 Å². The van der Waals surface area contributed by atoms with Gasteiger partial charge < -0.3 is 15.3 Å². The molecule has 0 aromatic heterocycles. The fourth-order valence-corrected chi connectivity index (χ4v) is 7.32. The Bertz CT molecular complexity index is 600. The standard InChI is InChI=1S/C20H30O4/c1-11-12-9-20(17(11)24)15(7-13(12)22)19(3)6-4-5-18(2,10-21)14(19)8-16(20)23/h12-16,21-23H,1,4-10H2,2-3H3. The maximum absolute atomic E-state index is 13.1. The Labute approximate surface area is 144 Å². The van der Waals surface area contributed by atoms with Crippen LogP contribution in [0.5, 0.6) is 0 Å². The fourth-order valence-electron chi connectivity index (χ4n) is 7.32. The molecule has 0 aromatic rings. The number of aliphatic hydroxyl groups is 3. The Kier molecular flexibility index (Phi) is 3.44. The lowest BCUT2D eigenvalue weighted by atomic mass is 9.40. The van der Waals surface area contributed by atoms with Gasteiger partial charge in [0.15, 0.2) is 5.78 Å². The molecule has 0 heterocycles. The minimum atomic E-state index is -0.750. The van der Waals surface area contributed by atoms with Crippen LogP contribution in [0.25, 0.3) is 0 Å². The lowest BCUT2D eigenvalue weighted by Crippen LogP contribution is -2.64. The summed E-state index contributed by atoms with van der Waals surface area (Å²) in [6.07, 6.45) is 3.47. The molecule has 4 aliphatic carbocycles. The van der Waals surface area contributed by atoms with Crippen LogP contribution in [0.4, 0.5) is 0 Å². The minimum absolute atomic E-state index is 0.00231. The highest BCUT2D eigenvalue weighted by molar-refractivity contribution is 6.03. The van der Waals surface area contributed by atoms with E-state index in [4.69, 9.17) is 0 Å². The summed E-state index contributed by atoms with van der Waals surface area (Å²) in [5, 5.41) is 31.8. The highest BCUT2D eigenvalue weighted by atomic mass is 16.3. The topological polar surface area (TPSA) is 77.8 Å². The van der Waals surface area contributed by atoms with E-state index in [9.17, 15) is 20.1 Å². The van der Waals surface area contributed by atoms with E-state index in [2.05, 4.69) is 20.4 Å². The molecule has 0 aromatic carbocycles. The van der Waals surface area contributed by atoms with Crippen LogP contribution >= 0.6 is 0 Å². The fraction of sp³-hybridized carbons (Fsp3) is 0.850. The van der Waals surface area contributed by atoms with E-state index in [0.29, 0.717) is 24.8 Å². The van der Waals surface area contributed by atoms with Crippen molar-refractivity contribution in [3.63, 3.8) is 0 Å². The van der Waals surface area contributed by atoms with Gasteiger partial charge in [-0.2, -0.15) is 0 Å². The average Bonchev–Trinajstić information content (AvgIpc) is 2.77. The molecule has 4 nitrogen and oxygen atoms in total. The first-order valence-electron chi connectivity index (χ1n) is 9.41. The van der Waals surface area contributed by atoms with E-state index in [1.165, 1.54) is 0 Å². The van der Waals surface area contributed by atoms with Crippen molar-refractivity contribution in [2.24, 2.45) is 34.0 Å². The second kappa shape index (κ2) is 4.93. The molecule has 4 heteroatoms. The molecule has 8 atom stereocenters. The van der Waals surface area contributed by atoms with Crippen LogP contribution in [0.2, 0.25) is 0 Å². The van der Waals surface area contributed by atoms with Crippen molar-refractivity contribution >= 4 is 5.78 Å². The SMILES string of the molecule is C=C1C(=O)C23CC1C(O)CC2C1(C)CCCC(C)(CO)C1CC3O. The minimum Gasteiger partial charge on any atom is -0.396 e. The lowest BCUT2D eigenvalue weighted by molar-refractivity contribution is -0.213. The van der Waals surface area contributed by atoms with E-state index >= 15 is 0 Å². The maximum Gasteiger partial charge on any atom is 0.167 e. The highest BCUT2D eigenvalue weighted by Gasteiger charge is 2.71. The molecule has 4 aliphatic rings. The number of Topliss-reactive ketones (excluding diaryl/α,β-unsaturated/α-hetero) is 1. The van der Waals surface area contributed by atoms with Gasteiger partial charge in [0.05, 0.1) is 17.6 Å². The summed E-state index contributed by atoms with van der Waals surface area (Å²) in [4.78, 5) is 13.1. The Morgan fingerprint density at radius 1 is 1.17 bits per heavy atom. The van der Waals surface area contributed by atoms with Gasteiger partial charge in [-0.3, -0.25) is 4.79 Å². The Morgan fingerprint density at radius 3 is 2.54 bits per heavy atom. The zero-order chi connectivity index (χ0) is 17.5. The number of carbonyl (C=O) groups is 1. The van der Waals surface area contributed by atoms with Gasteiger partial charge in [0, 0.05) is 12.5 Å². The van der Waals surface area contributed by atoms with Crippen LogP contribution in [0.3, 0.4) is 0 Å². The molecule has 0 saturated heterocycles. The molecule has 134 valence electrons. The zero-order valence-electron chi connectivity index (χ0n) is 14.8. The first-order valence-corrected chi connectivity index (χ1v) is 9.41. The smallest absolute Gasteiger partial charge is 0.167 e. The summed E-state index contributed by atoms with van der Waals surface area (Å²) < 4.78 is 0. The molecule has 3 N–H and O–H groups in total. The van der Waals surface area contributed by atoms with Crippen LogP contribution in [-0.4, -0.2) is 39.9 Å². The predicted molar refractivity (Wildman–Crippen MR) is 90.1 cm³/mol. The molecule has 0 radical (unpaired) electrons. The van der Waals surface area contributed by atoms with Crippen LogP contribution in [-0.2, 0) is 4.79 Å². The molecule has 2 bridgehead atoms. The summed E-state index contributed by atoms with van der Waals surface area (Å²) in [6.45, 7) is 8.44. The number of ketones is 1. The van der Waals surface area contributed by atoms with Crippen molar-refractivity contribution in [2.75, 3.05) is 6.61 Å². The summed E-state index contributed by atoms with van der Waals surface area (Å²) in [5.41, 5.74) is -0.566. The number of hydrogen-bond donors (Lipinski definition) is 3. The Balaban J connectivity index is 1.85. The van der Waals surface area contributed by atoms with Crippen LogP contribution in [0.15, 0.2) is 12.2 Å². The van der Waals surface area contributed by atoms with Crippen molar-refractivity contribution in [1.82, 2.24) is 0 Å². The summed E-state index contributed by atoms with van der Waals surface area (Å²) >= 11 is 0. The zero-order valence-corrected chi connectivity index (χ0v) is 14.8. The molecule has 8 unspecified atom stereocenters. The highest BCUT2D eigenvalue weighted by Crippen LogP contribution is 2.70. The number of hydrogen-bond acceptors (Lipinski definition) is 4. The van der Waals surface area contributed by atoms with Crippen molar-refractivity contribution in [1.29, 1.82) is 0 Å². The number of aliphatic hydroxyl groups excluding tert-OH is 3. The first kappa shape index (κ1) is 16.7. The van der Waals surface area contributed by atoms with Crippen molar-refractivity contribution < 1.29 is 20.1 Å². The third-order valence-electron chi connectivity index (χ3n) is 8.59. The predicted octanol–water partition coefficient (Wildman–Crippen LogP) is 2.07.